The lowest BCUT2D eigenvalue weighted by atomic mass is 9.98. The second-order valence-corrected chi connectivity index (χ2v) is 10.6. The van der Waals surface area contributed by atoms with Crippen LogP contribution in [0.25, 0.3) is 0 Å². The lowest BCUT2D eigenvalue weighted by molar-refractivity contribution is -0.359. The van der Waals surface area contributed by atoms with Crippen molar-refractivity contribution in [1.29, 1.82) is 0 Å². The van der Waals surface area contributed by atoms with Gasteiger partial charge in [-0.3, -0.25) is 28.7 Å². The van der Waals surface area contributed by atoms with Gasteiger partial charge in [0.15, 0.2) is 55.5 Å². The molecular weight excluding hydrogens is 620 g/mol. The number of ether oxygens (including phenoxy) is 12. The molecule has 0 bridgehead atoms. The number of alkyl halides is 1. The lowest BCUT2D eigenvalue weighted by Crippen LogP contribution is -2.60. The summed E-state index contributed by atoms with van der Waals surface area (Å²) in [7, 11) is 0. The molecule has 0 spiro atoms. The number of halogens is 1. The minimum absolute atomic E-state index is 0.366. The van der Waals surface area contributed by atoms with Gasteiger partial charge in [0.05, 0.1) is 6.61 Å². The van der Waals surface area contributed by atoms with Crippen LogP contribution in [0.15, 0.2) is 0 Å². The molecule has 17 nitrogen and oxygen atoms in total. The van der Waals surface area contributed by atoms with Crippen LogP contribution in [0.5, 0.6) is 0 Å². The summed E-state index contributed by atoms with van der Waals surface area (Å²) < 4.78 is 67.9. The van der Waals surface area contributed by atoms with Gasteiger partial charge in [-0.15, -0.1) is 11.6 Å². The van der Waals surface area contributed by atoms with E-state index in [1.807, 2.05) is 0 Å². The first kappa shape index (κ1) is 34.2. The Kier molecular flexibility index (Phi) is 11.0. The quantitative estimate of drug-likeness (QED) is 0.171. The van der Waals surface area contributed by atoms with E-state index in [1.165, 1.54) is 20.8 Å². The summed E-state index contributed by atoms with van der Waals surface area (Å²) >= 11 is 5.51. The zero-order valence-corrected chi connectivity index (χ0v) is 25.5. The summed E-state index contributed by atoms with van der Waals surface area (Å²) in [4.78, 5) is 59.6. The SMILES string of the molecule is CC(=O)O[C@@H]1[C@H]2OC(C)O[C@H]2O[C@H](CO[C@]2(C)O[C@H]3O[C@H](COC(=O)CCl)[C@@H](OC(C)=O)[C@H](OC(C)=O)[C@H]3O2)[C@H]1OC(C)=O. The standard InChI is InChI=1S/C26H35ClO17/c1-10(28)35-18-15(8-33-17(32)7-27)42-25-23(21(18)38-13(4)31)43-26(6,44-25)34-9-16-19(36-11(2)29)20(37-12(3)30)22-24(41-16)40-14(5)39-22/h14-16,18-25H,7-9H2,1-6H3/t14?,15-,16-,18-,19-,20+,21+,22-,23-,24+,25-,26+/m1/s1. The fraction of sp³-hybridized carbons (Fsp3) is 0.808. The van der Waals surface area contributed by atoms with Crippen LogP contribution in [0.1, 0.15) is 41.5 Å². The molecule has 44 heavy (non-hydrogen) atoms. The molecule has 0 N–H and O–H groups in total. The Labute approximate surface area is 256 Å². The van der Waals surface area contributed by atoms with Crippen molar-refractivity contribution in [1.82, 2.24) is 0 Å². The van der Waals surface area contributed by atoms with Gasteiger partial charge in [0.2, 0.25) is 0 Å². The molecule has 4 fully saturated rings. The molecular formula is C26H35ClO17. The summed E-state index contributed by atoms with van der Waals surface area (Å²) in [5, 5.41) is 0. The van der Waals surface area contributed by atoms with Gasteiger partial charge in [-0.05, 0) is 6.92 Å². The van der Waals surface area contributed by atoms with Crippen LogP contribution in [0, 0.1) is 0 Å². The number of esters is 5. The normalized spacial score (nSPS) is 39.4. The predicted octanol–water partition coefficient (Wildman–Crippen LogP) is -0.188. The summed E-state index contributed by atoms with van der Waals surface area (Å²) in [6.45, 7) is 6.85. The molecule has 0 radical (unpaired) electrons. The number of hydrogen-bond acceptors (Lipinski definition) is 17. The number of carbonyl (C=O) groups is 5. The van der Waals surface area contributed by atoms with Crippen LogP contribution < -0.4 is 0 Å². The van der Waals surface area contributed by atoms with E-state index in [1.54, 1.807) is 6.92 Å². The smallest absolute Gasteiger partial charge is 0.320 e. The Morgan fingerprint density at radius 1 is 0.659 bits per heavy atom. The molecule has 248 valence electrons. The second-order valence-electron chi connectivity index (χ2n) is 10.4. The average molecular weight is 655 g/mol. The van der Waals surface area contributed by atoms with Crippen molar-refractivity contribution in [2.24, 2.45) is 0 Å². The minimum atomic E-state index is -1.89. The van der Waals surface area contributed by atoms with E-state index in [4.69, 9.17) is 68.4 Å². The van der Waals surface area contributed by atoms with Crippen LogP contribution in [-0.2, 0) is 80.8 Å². The van der Waals surface area contributed by atoms with Crippen molar-refractivity contribution in [3.63, 3.8) is 0 Å². The van der Waals surface area contributed by atoms with Crippen molar-refractivity contribution < 1.29 is 80.8 Å². The molecule has 1 unspecified atom stereocenters. The maximum Gasteiger partial charge on any atom is 0.320 e. The van der Waals surface area contributed by atoms with Crippen molar-refractivity contribution in [3.05, 3.63) is 0 Å². The van der Waals surface area contributed by atoms with Crippen LogP contribution in [0.3, 0.4) is 0 Å². The highest BCUT2D eigenvalue weighted by molar-refractivity contribution is 6.26. The maximum atomic E-state index is 12.0. The van der Waals surface area contributed by atoms with Gasteiger partial charge < -0.3 is 52.1 Å². The fourth-order valence-corrected chi connectivity index (χ4v) is 5.34. The van der Waals surface area contributed by atoms with Crippen LogP contribution >= 0.6 is 11.6 Å². The molecule has 0 aromatic heterocycles. The van der Waals surface area contributed by atoms with Gasteiger partial charge in [-0.2, -0.15) is 0 Å². The minimum Gasteiger partial charge on any atom is -0.462 e. The monoisotopic (exact) mass is 654 g/mol. The van der Waals surface area contributed by atoms with Gasteiger partial charge >= 0.3 is 29.8 Å². The van der Waals surface area contributed by atoms with Crippen molar-refractivity contribution in [2.45, 2.75) is 115 Å². The second kappa shape index (κ2) is 14.2. The highest BCUT2D eigenvalue weighted by Crippen LogP contribution is 2.41. The molecule has 0 aliphatic carbocycles. The van der Waals surface area contributed by atoms with Crippen LogP contribution in [-0.4, -0.2) is 123 Å². The molecule has 4 rings (SSSR count). The first-order valence-corrected chi connectivity index (χ1v) is 14.2. The Balaban J connectivity index is 1.54. The lowest BCUT2D eigenvalue weighted by Gasteiger charge is -2.41. The van der Waals surface area contributed by atoms with Crippen LogP contribution in [0.4, 0.5) is 0 Å². The highest BCUT2D eigenvalue weighted by Gasteiger charge is 2.61. The van der Waals surface area contributed by atoms with E-state index in [0.29, 0.717) is 0 Å². The van der Waals surface area contributed by atoms with E-state index < -0.39 is 116 Å². The summed E-state index contributed by atoms with van der Waals surface area (Å²) in [5.41, 5.74) is 0. The Morgan fingerprint density at radius 3 is 1.70 bits per heavy atom. The van der Waals surface area contributed by atoms with Gasteiger partial charge in [-0.25, -0.2) is 0 Å². The Bertz CT molecular complexity index is 1100. The number of hydrogen-bond donors (Lipinski definition) is 0. The molecule has 0 saturated carbocycles. The topological polar surface area (TPSA) is 196 Å². The molecule has 0 amide bonds. The summed E-state index contributed by atoms with van der Waals surface area (Å²) in [5.74, 6) is -5.92. The largest absolute Gasteiger partial charge is 0.462 e. The van der Waals surface area contributed by atoms with Gasteiger partial charge in [0, 0.05) is 34.6 Å². The van der Waals surface area contributed by atoms with Crippen molar-refractivity contribution in [2.75, 3.05) is 19.1 Å². The first-order valence-electron chi connectivity index (χ1n) is 13.7. The molecule has 0 aromatic rings. The molecule has 18 heteroatoms. The zero-order chi connectivity index (χ0) is 32.3. The van der Waals surface area contributed by atoms with Crippen molar-refractivity contribution in [3.8, 4) is 0 Å². The third-order valence-electron chi connectivity index (χ3n) is 6.77. The molecule has 4 heterocycles. The Hall–Kier alpha value is -2.64. The van der Waals surface area contributed by atoms with E-state index in [-0.39, 0.29) is 6.61 Å². The van der Waals surface area contributed by atoms with E-state index >= 15 is 0 Å². The molecule has 4 aliphatic heterocycles. The highest BCUT2D eigenvalue weighted by atomic mass is 35.5. The van der Waals surface area contributed by atoms with E-state index in [9.17, 15) is 24.0 Å². The number of fused-ring (bicyclic) bond motifs is 2. The van der Waals surface area contributed by atoms with Gasteiger partial charge in [0.25, 0.3) is 5.97 Å². The Morgan fingerprint density at radius 2 is 1.16 bits per heavy atom. The number of carbonyl (C=O) groups excluding carboxylic acids is 5. The average Bonchev–Trinajstić information content (AvgIpc) is 3.46. The first-order chi connectivity index (χ1) is 20.7. The van der Waals surface area contributed by atoms with Crippen molar-refractivity contribution >= 4 is 41.4 Å². The van der Waals surface area contributed by atoms with Gasteiger partial charge in [-0.1, -0.05) is 0 Å². The molecule has 4 saturated heterocycles. The number of rotatable bonds is 10. The summed E-state index contributed by atoms with van der Waals surface area (Å²) in [6.07, 6.45) is -12.1. The molecule has 12 atom stereocenters. The predicted molar refractivity (Wildman–Crippen MR) is 137 cm³/mol. The van der Waals surface area contributed by atoms with E-state index in [0.717, 1.165) is 13.8 Å². The van der Waals surface area contributed by atoms with E-state index in [2.05, 4.69) is 0 Å². The summed E-state index contributed by atoms with van der Waals surface area (Å²) in [6, 6.07) is 0. The van der Waals surface area contributed by atoms with Gasteiger partial charge in [0.1, 0.15) is 24.7 Å². The molecule has 4 aliphatic rings. The fourth-order valence-electron chi connectivity index (χ4n) is 5.26. The van der Waals surface area contributed by atoms with Crippen LogP contribution in [0.2, 0.25) is 0 Å². The maximum absolute atomic E-state index is 12.0. The third-order valence-corrected chi connectivity index (χ3v) is 6.99. The molecule has 0 aromatic carbocycles. The third kappa shape index (κ3) is 8.14. The zero-order valence-electron chi connectivity index (χ0n) is 24.8.